The van der Waals surface area contributed by atoms with Gasteiger partial charge in [-0.25, -0.2) is 0 Å². The van der Waals surface area contributed by atoms with Crippen molar-refractivity contribution in [1.82, 2.24) is 4.57 Å². The van der Waals surface area contributed by atoms with Crippen LogP contribution in [0.4, 0.5) is 5.69 Å². The van der Waals surface area contributed by atoms with Gasteiger partial charge >= 0.3 is 0 Å². The van der Waals surface area contributed by atoms with Gasteiger partial charge in [0.1, 0.15) is 11.3 Å². The molecule has 1 aromatic carbocycles. The van der Waals surface area contributed by atoms with Crippen LogP contribution in [0.5, 0.6) is 11.6 Å². The average molecular weight is 328 g/mol. The molecule has 2 aromatic rings. The highest BCUT2D eigenvalue weighted by molar-refractivity contribution is 6.07. The van der Waals surface area contributed by atoms with Gasteiger partial charge in [-0.15, -0.1) is 0 Å². The van der Waals surface area contributed by atoms with Crippen LogP contribution >= 0.6 is 0 Å². The van der Waals surface area contributed by atoms with Crippen molar-refractivity contribution in [3.8, 4) is 11.6 Å². The molecule has 1 heterocycles. The number of aromatic nitrogens is 1. The van der Waals surface area contributed by atoms with Crippen LogP contribution < -0.4 is 15.6 Å². The number of nitrogens with zero attached hydrogens (tertiary/aromatic N) is 1. The smallest absolute Gasteiger partial charge is 0.261 e. The zero-order valence-corrected chi connectivity index (χ0v) is 13.8. The lowest BCUT2D eigenvalue weighted by molar-refractivity contribution is 0.102. The Balaban J connectivity index is 2.07. The number of carbonyl (C=O) groups excluding carboxylic acids is 1. The summed E-state index contributed by atoms with van der Waals surface area (Å²) in [5.41, 5.74) is 1.76. The molecule has 0 aliphatic heterocycles. The molecule has 24 heavy (non-hydrogen) atoms. The van der Waals surface area contributed by atoms with Gasteiger partial charge in [-0.2, -0.15) is 0 Å². The minimum absolute atomic E-state index is 0.178. The van der Waals surface area contributed by atoms with Crippen LogP contribution in [0.2, 0.25) is 0 Å². The number of para-hydroxylation sites is 2. The minimum atomic E-state index is -0.439. The molecule has 0 fully saturated rings. The number of carbonyl (C=O) groups is 1. The molecule has 3 rings (SSSR count). The molecule has 0 atom stereocenters. The average Bonchev–Trinajstić information content (AvgIpc) is 2.60. The molecule has 1 aromatic heterocycles. The highest BCUT2D eigenvalue weighted by Crippen LogP contribution is 2.30. The van der Waals surface area contributed by atoms with E-state index in [0.29, 0.717) is 35.4 Å². The first kappa shape index (κ1) is 16.1. The second-order valence-electron chi connectivity index (χ2n) is 5.88. The largest absolute Gasteiger partial charge is 0.495 e. The Morgan fingerprint density at radius 1 is 1.21 bits per heavy atom. The van der Waals surface area contributed by atoms with Gasteiger partial charge in [-0.3, -0.25) is 14.2 Å². The molecule has 0 bridgehead atoms. The first-order valence-corrected chi connectivity index (χ1v) is 7.92. The highest BCUT2D eigenvalue weighted by atomic mass is 16.5. The summed E-state index contributed by atoms with van der Waals surface area (Å²) >= 11 is 0. The second-order valence-corrected chi connectivity index (χ2v) is 5.88. The summed E-state index contributed by atoms with van der Waals surface area (Å²) in [6.07, 6.45) is 3.07. The lowest BCUT2D eigenvalue weighted by atomic mass is 9.89. The van der Waals surface area contributed by atoms with E-state index in [4.69, 9.17) is 4.74 Å². The van der Waals surface area contributed by atoms with E-state index in [0.717, 1.165) is 17.4 Å². The van der Waals surface area contributed by atoms with Crippen molar-refractivity contribution in [2.45, 2.75) is 25.7 Å². The first-order chi connectivity index (χ1) is 11.5. The van der Waals surface area contributed by atoms with Gasteiger partial charge < -0.3 is 15.2 Å². The van der Waals surface area contributed by atoms with Gasteiger partial charge in [-0.1, -0.05) is 12.1 Å². The third kappa shape index (κ3) is 2.64. The number of anilines is 1. The minimum Gasteiger partial charge on any atom is -0.495 e. The second kappa shape index (κ2) is 6.39. The maximum Gasteiger partial charge on any atom is 0.261 e. The molecule has 6 heteroatoms. The summed E-state index contributed by atoms with van der Waals surface area (Å²) in [5, 5.41) is 13.2. The van der Waals surface area contributed by atoms with Crippen molar-refractivity contribution in [1.29, 1.82) is 0 Å². The molecule has 0 saturated heterocycles. The van der Waals surface area contributed by atoms with Gasteiger partial charge in [0.15, 0.2) is 0 Å². The SMILES string of the molecule is COc1ccccc1NC(=O)c1c2c(c(=O)n(C)c1O)CCCC2. The van der Waals surface area contributed by atoms with E-state index >= 15 is 0 Å². The number of fused-ring (bicyclic) bond motifs is 1. The Labute approximate surface area is 139 Å². The fourth-order valence-corrected chi connectivity index (χ4v) is 3.19. The number of ether oxygens (including phenoxy) is 1. The van der Waals surface area contributed by atoms with Gasteiger partial charge in [0.25, 0.3) is 11.5 Å². The molecule has 126 valence electrons. The van der Waals surface area contributed by atoms with Crippen LogP contribution in [0.15, 0.2) is 29.1 Å². The number of hydrogen-bond acceptors (Lipinski definition) is 4. The van der Waals surface area contributed by atoms with Crippen molar-refractivity contribution in [3.63, 3.8) is 0 Å². The maximum absolute atomic E-state index is 12.8. The zero-order chi connectivity index (χ0) is 17.3. The van der Waals surface area contributed by atoms with E-state index in [-0.39, 0.29) is 17.0 Å². The number of benzene rings is 1. The first-order valence-electron chi connectivity index (χ1n) is 7.92. The Kier molecular flexibility index (Phi) is 4.29. The van der Waals surface area contributed by atoms with Crippen molar-refractivity contribution < 1.29 is 14.6 Å². The van der Waals surface area contributed by atoms with Crippen LogP contribution in [0, 0.1) is 0 Å². The predicted molar refractivity (Wildman–Crippen MR) is 90.9 cm³/mol. The van der Waals surface area contributed by atoms with Gasteiger partial charge in [0.05, 0.1) is 12.8 Å². The van der Waals surface area contributed by atoms with Crippen molar-refractivity contribution >= 4 is 11.6 Å². The predicted octanol–water partition coefficient (Wildman–Crippen LogP) is 2.23. The summed E-state index contributed by atoms with van der Waals surface area (Å²) < 4.78 is 6.38. The third-order valence-electron chi connectivity index (χ3n) is 4.46. The Hall–Kier alpha value is -2.76. The Morgan fingerprint density at radius 3 is 2.58 bits per heavy atom. The molecule has 1 aliphatic carbocycles. The third-order valence-corrected chi connectivity index (χ3v) is 4.46. The molecule has 0 saturated carbocycles. The van der Waals surface area contributed by atoms with Gasteiger partial charge in [0.2, 0.25) is 5.88 Å². The summed E-state index contributed by atoms with van der Waals surface area (Å²) in [5.74, 6) is -0.206. The molecule has 1 aliphatic rings. The van der Waals surface area contributed by atoms with Crippen LogP contribution in [-0.2, 0) is 19.9 Å². The topological polar surface area (TPSA) is 80.6 Å². The van der Waals surface area contributed by atoms with Gasteiger partial charge in [-0.05, 0) is 43.4 Å². The number of nitrogens with one attached hydrogen (secondary N) is 1. The molecular formula is C18H20N2O4. The lowest BCUT2D eigenvalue weighted by Gasteiger charge is -2.21. The summed E-state index contributed by atoms with van der Waals surface area (Å²) in [4.78, 5) is 25.1. The quantitative estimate of drug-likeness (QED) is 0.905. The van der Waals surface area contributed by atoms with E-state index in [1.54, 1.807) is 24.3 Å². The van der Waals surface area contributed by atoms with E-state index in [1.807, 2.05) is 0 Å². The number of methoxy groups -OCH3 is 1. The number of rotatable bonds is 3. The monoisotopic (exact) mass is 328 g/mol. The lowest BCUT2D eigenvalue weighted by Crippen LogP contribution is -2.29. The van der Waals surface area contributed by atoms with E-state index < -0.39 is 5.91 Å². The molecule has 0 spiro atoms. The molecule has 0 unspecified atom stereocenters. The van der Waals surface area contributed by atoms with Crippen molar-refractivity contribution in [3.05, 3.63) is 51.3 Å². The Bertz CT molecular complexity index is 855. The van der Waals surface area contributed by atoms with Crippen LogP contribution in [0.25, 0.3) is 0 Å². The summed E-state index contributed by atoms with van der Waals surface area (Å²) in [6.45, 7) is 0. The van der Waals surface area contributed by atoms with E-state index in [9.17, 15) is 14.7 Å². The van der Waals surface area contributed by atoms with E-state index in [1.165, 1.54) is 14.2 Å². The van der Waals surface area contributed by atoms with E-state index in [2.05, 4.69) is 5.32 Å². The number of hydrogen-bond donors (Lipinski definition) is 2. The van der Waals surface area contributed by atoms with Crippen molar-refractivity contribution in [2.75, 3.05) is 12.4 Å². The molecule has 1 amide bonds. The summed E-state index contributed by atoms with van der Waals surface area (Å²) in [7, 11) is 3.00. The fraction of sp³-hybridized carbons (Fsp3) is 0.333. The van der Waals surface area contributed by atoms with Crippen LogP contribution in [0.3, 0.4) is 0 Å². The van der Waals surface area contributed by atoms with Crippen LogP contribution in [0.1, 0.15) is 34.3 Å². The number of pyridine rings is 1. The summed E-state index contributed by atoms with van der Waals surface area (Å²) in [6, 6.07) is 7.06. The number of aromatic hydroxyl groups is 1. The number of amides is 1. The highest BCUT2D eigenvalue weighted by Gasteiger charge is 2.26. The molecule has 6 nitrogen and oxygen atoms in total. The molecular weight excluding hydrogens is 308 g/mol. The Morgan fingerprint density at radius 2 is 1.88 bits per heavy atom. The van der Waals surface area contributed by atoms with Gasteiger partial charge in [0, 0.05) is 12.6 Å². The molecule has 2 N–H and O–H groups in total. The normalized spacial score (nSPS) is 13.2. The van der Waals surface area contributed by atoms with Crippen molar-refractivity contribution in [2.24, 2.45) is 7.05 Å². The fourth-order valence-electron chi connectivity index (χ4n) is 3.19. The maximum atomic E-state index is 12.8. The standard InChI is InChI=1S/C18H20N2O4/c1-20-17(22)12-8-4-3-7-11(12)15(18(20)23)16(21)19-13-9-5-6-10-14(13)24-2/h5-6,9-10,23H,3-4,7-8H2,1-2H3,(H,19,21). The zero-order valence-electron chi connectivity index (χ0n) is 13.8. The molecule has 0 radical (unpaired) electrons. The van der Waals surface area contributed by atoms with Crippen LogP contribution in [-0.4, -0.2) is 22.7 Å².